The first kappa shape index (κ1) is 31.5. The molecule has 0 aliphatic carbocycles. The largest absolute Gasteiger partial charge is 0.466 e. The number of piperazine rings is 1. The highest BCUT2D eigenvalue weighted by Crippen LogP contribution is 2.51. The summed E-state index contributed by atoms with van der Waals surface area (Å²) in [6, 6.07) is 15.6. The number of carbonyl (C=O) groups excluding carboxylic acids is 1. The summed E-state index contributed by atoms with van der Waals surface area (Å²) in [6.07, 6.45) is -7.23. The number of hydrogen-bond donors (Lipinski definition) is 0. The average Bonchev–Trinajstić information content (AvgIpc) is 2.94. The van der Waals surface area contributed by atoms with Crippen molar-refractivity contribution in [3.8, 4) is 11.1 Å². The molecular weight excluding hydrogens is 560 g/mol. The van der Waals surface area contributed by atoms with Crippen molar-refractivity contribution in [1.29, 1.82) is 0 Å². The molecule has 1 aliphatic rings. The van der Waals surface area contributed by atoms with E-state index in [0.717, 1.165) is 36.3 Å². The number of aromatic nitrogens is 1. The summed E-state index contributed by atoms with van der Waals surface area (Å²) >= 11 is 0. The number of rotatable bonds is 9. The van der Waals surface area contributed by atoms with Gasteiger partial charge in [-0.25, -0.2) is 0 Å². The van der Waals surface area contributed by atoms with Gasteiger partial charge in [0.1, 0.15) is 0 Å². The van der Waals surface area contributed by atoms with Crippen LogP contribution >= 0.6 is 0 Å². The van der Waals surface area contributed by atoms with Crippen molar-refractivity contribution in [3.05, 3.63) is 89.7 Å². The van der Waals surface area contributed by atoms with Gasteiger partial charge in [0.25, 0.3) is 0 Å². The fourth-order valence-electron chi connectivity index (χ4n) is 5.18. The summed E-state index contributed by atoms with van der Waals surface area (Å²) in [4.78, 5) is 20.9. The number of carbonyl (C=O) groups is 1. The lowest BCUT2D eigenvalue weighted by molar-refractivity contribution is -0.297. The monoisotopic (exact) mass is 593 g/mol. The predicted octanol–water partition coefficient (Wildman–Crippen LogP) is 6.77. The number of halogens is 6. The minimum Gasteiger partial charge on any atom is -0.466 e. The van der Waals surface area contributed by atoms with Crippen LogP contribution in [0.5, 0.6) is 0 Å². The first-order valence-corrected chi connectivity index (χ1v) is 13.7. The molecule has 2 heterocycles. The normalized spacial score (nSPS) is 17.3. The van der Waals surface area contributed by atoms with Gasteiger partial charge in [0.15, 0.2) is 5.41 Å². The first-order chi connectivity index (χ1) is 19.8. The molecule has 0 saturated carbocycles. The molecule has 11 heteroatoms. The highest BCUT2D eigenvalue weighted by Gasteiger charge is 2.68. The molecule has 1 fully saturated rings. The molecule has 3 aromatic rings. The van der Waals surface area contributed by atoms with Crippen molar-refractivity contribution in [2.75, 3.05) is 26.2 Å². The molecule has 0 N–H and O–H groups in total. The minimum absolute atomic E-state index is 0.0390. The van der Waals surface area contributed by atoms with Crippen molar-refractivity contribution in [2.24, 2.45) is 0 Å². The van der Waals surface area contributed by atoms with E-state index >= 15 is 0 Å². The number of ether oxygens (including phenoxy) is 1. The standard InChI is InChI=1S/C31H33F6N3O2/c1-3-42-28(41)18-27-21-39(16-17-40(27)20-23-12-14-38-15-13-23)19-22-4-6-24(7-5-22)25-8-10-26(11-9-25)29(2,30(32,33)34)31(35,36)37/h4-15,27H,3,16-21H2,1-2H3/t27-/m1/s1. The summed E-state index contributed by atoms with van der Waals surface area (Å²) < 4.78 is 85.8. The molecule has 5 nitrogen and oxygen atoms in total. The van der Waals surface area contributed by atoms with Gasteiger partial charge in [0, 0.05) is 51.2 Å². The van der Waals surface area contributed by atoms with Gasteiger partial charge < -0.3 is 4.74 Å². The quantitative estimate of drug-likeness (QED) is 0.203. The van der Waals surface area contributed by atoms with Crippen LogP contribution in [0.25, 0.3) is 11.1 Å². The Labute approximate surface area is 241 Å². The number of pyridine rings is 1. The molecule has 226 valence electrons. The van der Waals surface area contributed by atoms with Crippen LogP contribution in [0.1, 0.15) is 37.0 Å². The predicted molar refractivity (Wildman–Crippen MR) is 146 cm³/mol. The van der Waals surface area contributed by atoms with Crippen LogP contribution in [-0.2, 0) is 28.0 Å². The Morgan fingerprint density at radius 2 is 1.38 bits per heavy atom. The summed E-state index contributed by atoms with van der Waals surface area (Å²) in [7, 11) is 0. The molecule has 2 aromatic carbocycles. The maximum absolute atomic E-state index is 13.4. The topological polar surface area (TPSA) is 45.7 Å². The Hall–Kier alpha value is -3.44. The lowest BCUT2D eigenvalue weighted by Gasteiger charge is -2.41. The third-order valence-electron chi connectivity index (χ3n) is 7.82. The Bertz CT molecular complexity index is 1300. The van der Waals surface area contributed by atoms with Crippen molar-refractivity contribution in [2.45, 2.75) is 57.2 Å². The van der Waals surface area contributed by atoms with Crippen LogP contribution in [0.15, 0.2) is 73.1 Å². The Kier molecular flexibility index (Phi) is 9.62. The lowest BCUT2D eigenvalue weighted by atomic mass is 9.80. The van der Waals surface area contributed by atoms with Gasteiger partial charge in [-0.3, -0.25) is 19.6 Å². The number of esters is 1. The second kappa shape index (κ2) is 12.8. The van der Waals surface area contributed by atoms with E-state index in [2.05, 4.69) is 14.8 Å². The van der Waals surface area contributed by atoms with Crippen LogP contribution < -0.4 is 0 Å². The van der Waals surface area contributed by atoms with Crippen LogP contribution in [0.2, 0.25) is 0 Å². The SMILES string of the molecule is CCOC(=O)C[C@@H]1CN(Cc2ccc(-c3ccc(C(C)(C(F)(F)F)C(F)(F)F)cc3)cc2)CCN1Cc1ccncc1. The van der Waals surface area contributed by atoms with Gasteiger partial charge in [-0.1, -0.05) is 48.5 Å². The molecule has 0 amide bonds. The molecule has 1 atom stereocenters. The van der Waals surface area contributed by atoms with E-state index in [0.29, 0.717) is 37.4 Å². The molecule has 0 spiro atoms. The van der Waals surface area contributed by atoms with Crippen molar-refractivity contribution < 1.29 is 35.9 Å². The second-order valence-electron chi connectivity index (χ2n) is 10.6. The molecule has 4 rings (SSSR count). The third-order valence-corrected chi connectivity index (χ3v) is 7.82. The smallest absolute Gasteiger partial charge is 0.406 e. The lowest BCUT2D eigenvalue weighted by Crippen LogP contribution is -2.53. The highest BCUT2D eigenvalue weighted by molar-refractivity contribution is 5.70. The van der Waals surface area contributed by atoms with E-state index in [9.17, 15) is 31.1 Å². The van der Waals surface area contributed by atoms with Crippen molar-refractivity contribution in [3.63, 3.8) is 0 Å². The molecule has 1 aromatic heterocycles. The van der Waals surface area contributed by atoms with E-state index < -0.39 is 23.3 Å². The van der Waals surface area contributed by atoms with Gasteiger partial charge >= 0.3 is 18.3 Å². The zero-order valence-corrected chi connectivity index (χ0v) is 23.4. The molecule has 1 saturated heterocycles. The zero-order valence-electron chi connectivity index (χ0n) is 23.4. The molecule has 1 aliphatic heterocycles. The third kappa shape index (κ3) is 7.12. The Morgan fingerprint density at radius 3 is 1.93 bits per heavy atom. The number of alkyl halides is 6. The van der Waals surface area contributed by atoms with Crippen LogP contribution in [-0.4, -0.2) is 65.4 Å². The van der Waals surface area contributed by atoms with Crippen molar-refractivity contribution in [1.82, 2.24) is 14.8 Å². The zero-order chi connectivity index (χ0) is 30.5. The number of hydrogen-bond acceptors (Lipinski definition) is 5. The second-order valence-corrected chi connectivity index (χ2v) is 10.6. The van der Waals surface area contributed by atoms with Crippen LogP contribution in [0.4, 0.5) is 26.3 Å². The Morgan fingerprint density at radius 1 is 0.833 bits per heavy atom. The van der Waals surface area contributed by atoms with Gasteiger partial charge in [-0.05, 0) is 53.8 Å². The van der Waals surface area contributed by atoms with Gasteiger partial charge in [0.05, 0.1) is 13.0 Å². The molecule has 0 unspecified atom stereocenters. The van der Waals surface area contributed by atoms with Gasteiger partial charge in [-0.15, -0.1) is 0 Å². The summed E-state index contributed by atoms with van der Waals surface area (Å²) in [5.74, 6) is -0.245. The number of benzene rings is 2. The summed E-state index contributed by atoms with van der Waals surface area (Å²) in [5.41, 5.74) is -1.53. The van der Waals surface area contributed by atoms with Gasteiger partial charge in [-0.2, -0.15) is 26.3 Å². The first-order valence-electron chi connectivity index (χ1n) is 13.7. The summed E-state index contributed by atoms with van der Waals surface area (Å²) in [6.45, 7) is 5.77. The minimum atomic E-state index is -5.49. The van der Waals surface area contributed by atoms with Crippen molar-refractivity contribution >= 4 is 5.97 Å². The maximum Gasteiger partial charge on any atom is 0.406 e. The number of nitrogens with zero attached hydrogens (tertiary/aromatic N) is 3. The molecular formula is C31H33F6N3O2. The fraction of sp³-hybridized carbons (Fsp3) is 0.419. The summed E-state index contributed by atoms with van der Waals surface area (Å²) in [5, 5.41) is 0. The molecule has 0 radical (unpaired) electrons. The van der Waals surface area contributed by atoms with E-state index in [-0.39, 0.29) is 25.4 Å². The molecule has 0 bridgehead atoms. The molecule has 42 heavy (non-hydrogen) atoms. The van der Waals surface area contributed by atoms with E-state index in [1.54, 1.807) is 31.5 Å². The average molecular weight is 594 g/mol. The van der Waals surface area contributed by atoms with Gasteiger partial charge in [0.2, 0.25) is 0 Å². The van der Waals surface area contributed by atoms with E-state index in [4.69, 9.17) is 4.74 Å². The van der Waals surface area contributed by atoms with E-state index in [1.165, 1.54) is 12.1 Å². The maximum atomic E-state index is 13.4. The Balaban J connectivity index is 1.43. The van der Waals surface area contributed by atoms with E-state index in [1.807, 2.05) is 24.3 Å². The van der Waals surface area contributed by atoms with Crippen LogP contribution in [0.3, 0.4) is 0 Å². The fourth-order valence-corrected chi connectivity index (χ4v) is 5.18. The van der Waals surface area contributed by atoms with Crippen LogP contribution in [0, 0.1) is 0 Å². The highest BCUT2D eigenvalue weighted by atomic mass is 19.4.